The standard InChI is InChI=1S/C23H26IN3O4/c1-23(7-8-23)31-22(30)26-12-10-25(11-13-26)16-19-6-9-27(21(29)20(19)28)15-18-4-2-17(14-24)3-5-18/h2-9,28H,10-16H2,1H3. The fraction of sp³-hybridized carbons (Fsp3) is 0.391. The van der Waals surface area contributed by atoms with Crippen molar-refractivity contribution in [3.05, 3.63) is 75.7 Å². The van der Waals surface area contributed by atoms with Crippen LogP contribution in [0, 0.1) is 0 Å². The Hall–Kier alpha value is -2.33. The normalized spacial score (nSPS) is 17.5. The van der Waals surface area contributed by atoms with Gasteiger partial charge in [0.1, 0.15) is 5.60 Å². The Balaban J connectivity index is 1.34. The molecule has 2 aliphatic rings. The van der Waals surface area contributed by atoms with Gasteiger partial charge in [0, 0.05) is 48.9 Å². The number of hydrogen-bond acceptors (Lipinski definition) is 5. The summed E-state index contributed by atoms with van der Waals surface area (Å²) in [6.07, 6.45) is 5.14. The van der Waals surface area contributed by atoms with E-state index in [1.807, 2.05) is 31.2 Å². The number of carbonyl (C=O) groups excluding carboxylic acids is 1. The van der Waals surface area contributed by atoms with E-state index in [9.17, 15) is 14.7 Å². The lowest BCUT2D eigenvalue weighted by Crippen LogP contribution is -2.49. The second-order valence-corrected chi connectivity index (χ2v) is 8.98. The molecule has 1 aromatic carbocycles. The minimum absolute atomic E-state index is 0.207. The van der Waals surface area contributed by atoms with Gasteiger partial charge in [-0.3, -0.25) is 9.69 Å². The van der Waals surface area contributed by atoms with E-state index in [2.05, 4.69) is 39.6 Å². The van der Waals surface area contributed by atoms with E-state index in [1.54, 1.807) is 17.2 Å². The summed E-state index contributed by atoms with van der Waals surface area (Å²) in [5.74, 6) is -0.207. The number of aromatic nitrogens is 1. The zero-order valence-corrected chi connectivity index (χ0v) is 19.6. The average Bonchev–Trinajstić information content (AvgIpc) is 3.50. The van der Waals surface area contributed by atoms with Gasteiger partial charge in [0.05, 0.1) is 6.54 Å². The molecule has 1 aliphatic heterocycles. The largest absolute Gasteiger partial charge is 0.503 e. The van der Waals surface area contributed by atoms with Gasteiger partial charge in [-0.05, 0) is 36.3 Å². The van der Waals surface area contributed by atoms with E-state index < -0.39 is 5.60 Å². The fourth-order valence-electron chi connectivity index (χ4n) is 3.55. The van der Waals surface area contributed by atoms with Crippen LogP contribution in [-0.2, 0) is 22.3 Å². The lowest BCUT2D eigenvalue weighted by atomic mass is 10.1. The zero-order chi connectivity index (χ0) is 22.0. The number of benzene rings is 1. The van der Waals surface area contributed by atoms with Crippen LogP contribution >= 0.6 is 22.6 Å². The predicted molar refractivity (Wildman–Crippen MR) is 127 cm³/mol. The molecule has 2 heterocycles. The van der Waals surface area contributed by atoms with Crippen LogP contribution in [0.1, 0.15) is 23.6 Å². The lowest BCUT2D eigenvalue weighted by Gasteiger charge is -2.34. The number of nitrogens with zero attached hydrogens (tertiary/aromatic N) is 3. The van der Waals surface area contributed by atoms with Gasteiger partial charge in [-0.15, -0.1) is 0 Å². The highest BCUT2D eigenvalue weighted by molar-refractivity contribution is 14.1. The molecule has 0 unspecified atom stereocenters. The second-order valence-electron chi connectivity index (χ2n) is 8.22. The van der Waals surface area contributed by atoms with Crippen LogP contribution < -0.4 is 5.56 Å². The van der Waals surface area contributed by atoms with Crippen LogP contribution in [0.5, 0.6) is 5.75 Å². The Morgan fingerprint density at radius 1 is 1.06 bits per heavy atom. The first-order valence-electron chi connectivity index (χ1n) is 10.3. The van der Waals surface area contributed by atoms with Crippen LogP contribution in [0.25, 0.3) is 0 Å². The van der Waals surface area contributed by atoms with E-state index >= 15 is 0 Å². The van der Waals surface area contributed by atoms with Crippen molar-refractivity contribution in [2.75, 3.05) is 26.2 Å². The molecule has 1 N–H and O–H groups in total. The van der Waals surface area contributed by atoms with E-state index in [0.29, 0.717) is 44.8 Å². The maximum atomic E-state index is 12.7. The number of alkyl halides is 1. The van der Waals surface area contributed by atoms with Crippen LogP contribution in [0.2, 0.25) is 0 Å². The fourth-order valence-corrected chi connectivity index (χ4v) is 4.06. The molecule has 0 spiro atoms. The molecule has 1 fully saturated rings. The molecule has 1 amide bonds. The first-order valence-corrected chi connectivity index (χ1v) is 11.9. The van der Waals surface area contributed by atoms with Crippen LogP contribution in [-0.4, -0.2) is 57.3 Å². The third-order valence-electron chi connectivity index (χ3n) is 5.72. The first kappa shape index (κ1) is 21.9. The second kappa shape index (κ2) is 9.04. The highest BCUT2D eigenvalue weighted by Gasteiger charge is 2.35. The van der Waals surface area contributed by atoms with Crippen molar-refractivity contribution in [3.8, 4) is 5.75 Å². The highest BCUT2D eigenvalue weighted by atomic mass is 127. The Morgan fingerprint density at radius 3 is 2.32 bits per heavy atom. The predicted octanol–water partition coefficient (Wildman–Crippen LogP) is 3.12. The number of amides is 1. The molecule has 7 nitrogen and oxygen atoms in total. The maximum absolute atomic E-state index is 12.7. The number of rotatable bonds is 6. The summed E-state index contributed by atoms with van der Waals surface area (Å²) in [6.45, 7) is 5.17. The SMILES string of the molecule is CC1(OC(=O)N2CCN(Cc3ccn(Cc4ccc(CI)cc4)c(=O)c3O)CC2)C=C1. The van der Waals surface area contributed by atoms with Gasteiger partial charge in [0.25, 0.3) is 5.56 Å². The minimum atomic E-state index is -0.512. The molecule has 4 rings (SSSR count). The molecule has 0 radical (unpaired) electrons. The number of hydrogen-bond donors (Lipinski definition) is 1. The molecule has 0 saturated carbocycles. The summed E-state index contributed by atoms with van der Waals surface area (Å²) in [6, 6.07) is 9.93. The van der Waals surface area contributed by atoms with Gasteiger partial charge in [-0.1, -0.05) is 46.9 Å². The smallest absolute Gasteiger partial charge is 0.411 e. The summed E-state index contributed by atoms with van der Waals surface area (Å²) in [4.78, 5) is 28.7. The van der Waals surface area contributed by atoms with Gasteiger partial charge in [0.2, 0.25) is 0 Å². The summed E-state index contributed by atoms with van der Waals surface area (Å²) in [5, 5.41) is 10.5. The molecule has 0 bridgehead atoms. The van der Waals surface area contributed by atoms with Gasteiger partial charge in [-0.25, -0.2) is 4.79 Å². The molecular formula is C23H26IN3O4. The molecule has 8 heteroatoms. The summed E-state index contributed by atoms with van der Waals surface area (Å²) in [5.41, 5.74) is 1.96. The van der Waals surface area contributed by atoms with Gasteiger partial charge in [0.15, 0.2) is 5.75 Å². The molecule has 1 aliphatic carbocycles. The molecule has 164 valence electrons. The number of ether oxygens (including phenoxy) is 1. The summed E-state index contributed by atoms with van der Waals surface area (Å²) < 4.78 is 7.89. The van der Waals surface area contributed by atoms with Crippen molar-refractivity contribution in [2.45, 2.75) is 30.0 Å². The molecule has 1 saturated heterocycles. The van der Waals surface area contributed by atoms with Crippen molar-refractivity contribution in [2.24, 2.45) is 0 Å². The Morgan fingerprint density at radius 2 is 1.71 bits per heavy atom. The Kier molecular flexibility index (Phi) is 6.38. The quantitative estimate of drug-likeness (QED) is 0.350. The average molecular weight is 535 g/mol. The van der Waals surface area contributed by atoms with E-state index in [-0.39, 0.29) is 17.4 Å². The maximum Gasteiger partial charge on any atom is 0.411 e. The Bertz CT molecular complexity index is 1030. The highest BCUT2D eigenvalue weighted by Crippen LogP contribution is 2.28. The van der Waals surface area contributed by atoms with Crippen molar-refractivity contribution >= 4 is 28.7 Å². The van der Waals surface area contributed by atoms with Crippen LogP contribution in [0.15, 0.2) is 53.5 Å². The monoisotopic (exact) mass is 535 g/mol. The third kappa shape index (κ3) is 5.30. The van der Waals surface area contributed by atoms with Gasteiger partial charge < -0.3 is 19.3 Å². The zero-order valence-electron chi connectivity index (χ0n) is 17.5. The van der Waals surface area contributed by atoms with Crippen molar-refractivity contribution in [3.63, 3.8) is 0 Å². The third-order valence-corrected chi connectivity index (χ3v) is 6.60. The van der Waals surface area contributed by atoms with E-state index in [1.165, 1.54) is 10.1 Å². The van der Waals surface area contributed by atoms with Crippen LogP contribution in [0.4, 0.5) is 4.79 Å². The van der Waals surface area contributed by atoms with E-state index in [4.69, 9.17) is 4.74 Å². The number of aromatic hydroxyl groups is 1. The molecule has 31 heavy (non-hydrogen) atoms. The topological polar surface area (TPSA) is 75.0 Å². The number of piperazine rings is 1. The first-order chi connectivity index (χ1) is 14.9. The molecule has 0 atom stereocenters. The van der Waals surface area contributed by atoms with Crippen molar-refractivity contribution in [1.82, 2.24) is 14.4 Å². The van der Waals surface area contributed by atoms with Gasteiger partial charge in [-0.2, -0.15) is 0 Å². The van der Waals surface area contributed by atoms with Crippen LogP contribution in [0.3, 0.4) is 0 Å². The van der Waals surface area contributed by atoms with Crippen molar-refractivity contribution in [1.29, 1.82) is 0 Å². The summed E-state index contributed by atoms with van der Waals surface area (Å²) in [7, 11) is 0. The Labute approximate surface area is 195 Å². The molecule has 1 aromatic heterocycles. The van der Waals surface area contributed by atoms with E-state index in [0.717, 1.165) is 9.99 Å². The van der Waals surface area contributed by atoms with Crippen molar-refractivity contribution < 1.29 is 14.6 Å². The molecule has 2 aromatic rings. The molecular weight excluding hydrogens is 509 g/mol. The number of halogens is 1. The number of carbonyl (C=O) groups is 1. The summed E-state index contributed by atoms with van der Waals surface area (Å²) >= 11 is 2.32. The van der Waals surface area contributed by atoms with Gasteiger partial charge >= 0.3 is 6.09 Å². The lowest BCUT2D eigenvalue weighted by molar-refractivity contribution is 0.0503. The minimum Gasteiger partial charge on any atom is -0.503 e. The number of pyridine rings is 1.